The van der Waals surface area contributed by atoms with Gasteiger partial charge in [-0.1, -0.05) is 18.2 Å². The molecule has 1 amide bonds. The molecule has 3 N–H and O–H groups in total. The van der Waals surface area contributed by atoms with Crippen LogP contribution in [0.5, 0.6) is 0 Å². The molecule has 38 heavy (non-hydrogen) atoms. The average molecular weight is 524 g/mol. The molecule has 12 heteroatoms. The SMILES string of the molecule is CN(Cc1cc2nc(-c3cccc4c3C=NC4)nc(Nc3ccncc3)c2s1)c1ncc(C(=O)NO)cn1. The number of fused-ring (bicyclic) bond motifs is 2. The van der Waals surface area contributed by atoms with Crippen LogP contribution in [0.4, 0.5) is 17.5 Å². The first-order valence-corrected chi connectivity index (χ1v) is 12.5. The highest BCUT2D eigenvalue weighted by Gasteiger charge is 2.19. The Labute approximate surface area is 221 Å². The van der Waals surface area contributed by atoms with Gasteiger partial charge in [-0.15, -0.1) is 11.3 Å². The van der Waals surface area contributed by atoms with Crippen LogP contribution in [0.2, 0.25) is 0 Å². The van der Waals surface area contributed by atoms with E-state index in [0.717, 1.165) is 37.5 Å². The molecule has 0 bridgehead atoms. The molecular formula is C26H21N9O2S. The predicted molar refractivity (Wildman–Crippen MR) is 145 cm³/mol. The molecule has 11 nitrogen and oxygen atoms in total. The van der Waals surface area contributed by atoms with E-state index in [0.29, 0.717) is 30.7 Å². The van der Waals surface area contributed by atoms with Crippen LogP contribution in [-0.2, 0) is 13.1 Å². The lowest BCUT2D eigenvalue weighted by Crippen LogP contribution is -2.21. The molecule has 1 aliphatic rings. The summed E-state index contributed by atoms with van der Waals surface area (Å²) in [5.41, 5.74) is 6.58. The lowest BCUT2D eigenvalue weighted by Gasteiger charge is -2.15. The van der Waals surface area contributed by atoms with Crippen LogP contribution >= 0.6 is 11.3 Å². The van der Waals surface area contributed by atoms with Crippen LogP contribution < -0.4 is 15.7 Å². The number of carbonyl (C=O) groups excluding carboxylic acids is 1. The highest BCUT2D eigenvalue weighted by atomic mass is 32.1. The second-order valence-corrected chi connectivity index (χ2v) is 9.74. The number of hydroxylamine groups is 1. The summed E-state index contributed by atoms with van der Waals surface area (Å²) in [6.07, 6.45) is 8.08. The van der Waals surface area contributed by atoms with Crippen molar-refractivity contribution >= 4 is 51.1 Å². The fourth-order valence-corrected chi connectivity index (χ4v) is 5.27. The van der Waals surface area contributed by atoms with Crippen molar-refractivity contribution in [3.63, 3.8) is 0 Å². The van der Waals surface area contributed by atoms with E-state index in [4.69, 9.17) is 15.2 Å². The van der Waals surface area contributed by atoms with E-state index in [9.17, 15) is 4.79 Å². The highest BCUT2D eigenvalue weighted by molar-refractivity contribution is 7.19. The van der Waals surface area contributed by atoms with Gasteiger partial charge in [-0.2, -0.15) is 0 Å². The molecule has 0 fully saturated rings. The lowest BCUT2D eigenvalue weighted by atomic mass is 10.0. The number of aliphatic imine (C=N–C) groups is 1. The van der Waals surface area contributed by atoms with Crippen LogP contribution in [0.25, 0.3) is 21.6 Å². The third-order valence-corrected chi connectivity index (χ3v) is 7.14. The Hall–Kier alpha value is -4.81. The predicted octanol–water partition coefficient (Wildman–Crippen LogP) is 3.97. The zero-order valence-corrected chi connectivity index (χ0v) is 21.0. The van der Waals surface area contributed by atoms with E-state index >= 15 is 0 Å². The summed E-state index contributed by atoms with van der Waals surface area (Å²) < 4.78 is 0.922. The molecule has 0 spiro atoms. The van der Waals surface area contributed by atoms with Gasteiger partial charge in [-0.25, -0.2) is 25.4 Å². The maximum Gasteiger partial charge on any atom is 0.277 e. The number of thiophene rings is 1. The van der Waals surface area contributed by atoms with Crippen LogP contribution in [-0.4, -0.2) is 49.3 Å². The molecular weight excluding hydrogens is 502 g/mol. The monoisotopic (exact) mass is 523 g/mol. The van der Waals surface area contributed by atoms with Crippen molar-refractivity contribution in [3.8, 4) is 11.4 Å². The number of aromatic nitrogens is 5. The minimum Gasteiger partial charge on any atom is -0.339 e. The van der Waals surface area contributed by atoms with Crippen LogP contribution in [0.3, 0.4) is 0 Å². The maximum absolute atomic E-state index is 11.6. The van der Waals surface area contributed by atoms with Crippen molar-refractivity contribution in [3.05, 3.63) is 82.8 Å². The first-order chi connectivity index (χ1) is 18.6. The molecule has 5 heterocycles. The molecule has 0 saturated heterocycles. The van der Waals surface area contributed by atoms with Gasteiger partial charge in [0.25, 0.3) is 5.91 Å². The molecule has 4 aromatic heterocycles. The van der Waals surface area contributed by atoms with E-state index in [1.807, 2.05) is 48.5 Å². The van der Waals surface area contributed by atoms with E-state index in [1.165, 1.54) is 12.4 Å². The summed E-state index contributed by atoms with van der Waals surface area (Å²) in [5.74, 6) is 1.11. The molecule has 1 aliphatic heterocycles. The van der Waals surface area contributed by atoms with Gasteiger partial charge in [0.15, 0.2) is 11.6 Å². The third kappa shape index (κ3) is 4.53. The fraction of sp³-hybridized carbons (Fsp3) is 0.115. The topological polar surface area (TPSA) is 141 Å². The summed E-state index contributed by atoms with van der Waals surface area (Å²) in [4.78, 5) is 41.4. The minimum absolute atomic E-state index is 0.165. The van der Waals surface area contributed by atoms with Crippen molar-refractivity contribution < 1.29 is 10.0 Å². The quantitative estimate of drug-likeness (QED) is 0.213. The summed E-state index contributed by atoms with van der Waals surface area (Å²) >= 11 is 1.58. The van der Waals surface area contributed by atoms with Crippen molar-refractivity contribution in [1.82, 2.24) is 30.4 Å². The van der Waals surface area contributed by atoms with Crippen molar-refractivity contribution in [2.75, 3.05) is 17.3 Å². The Bertz CT molecular complexity index is 1670. The molecule has 0 aliphatic carbocycles. The summed E-state index contributed by atoms with van der Waals surface area (Å²) in [7, 11) is 1.87. The number of hydrogen-bond donors (Lipinski definition) is 3. The number of nitrogens with zero attached hydrogens (tertiary/aromatic N) is 7. The summed E-state index contributed by atoms with van der Waals surface area (Å²) in [6.45, 7) is 1.18. The number of pyridine rings is 1. The number of anilines is 3. The van der Waals surface area contributed by atoms with Gasteiger partial charge in [0.05, 0.1) is 28.9 Å². The standard InChI is InChI=1S/C26H21N9O2S/c1-35(26-29-11-16(12-30-26)25(36)34-37)14-18-9-21-22(38-18)24(31-17-5-7-27-8-6-17)33-23(32-21)19-4-2-3-15-10-28-13-20(15)19/h2-9,11-13,37H,10,14H2,1H3,(H,34,36)(H,27,31,32,33). The molecule has 5 aromatic rings. The van der Waals surface area contributed by atoms with Crippen LogP contribution in [0, 0.1) is 0 Å². The van der Waals surface area contributed by atoms with Gasteiger partial charge >= 0.3 is 0 Å². The van der Waals surface area contributed by atoms with Crippen molar-refractivity contribution in [2.24, 2.45) is 4.99 Å². The summed E-state index contributed by atoms with van der Waals surface area (Å²) in [6, 6.07) is 11.9. The zero-order valence-electron chi connectivity index (χ0n) is 20.2. The second-order valence-electron chi connectivity index (χ2n) is 8.60. The van der Waals surface area contributed by atoms with Gasteiger partial charge in [0.2, 0.25) is 5.95 Å². The van der Waals surface area contributed by atoms with Gasteiger partial charge in [-0.3, -0.25) is 20.0 Å². The number of benzene rings is 1. The smallest absolute Gasteiger partial charge is 0.277 e. The molecule has 0 atom stereocenters. The third-order valence-electron chi connectivity index (χ3n) is 6.02. The molecule has 1 aromatic carbocycles. The Morgan fingerprint density at radius 3 is 2.74 bits per heavy atom. The van der Waals surface area contributed by atoms with Gasteiger partial charge in [0, 0.05) is 59.7 Å². The number of carbonyl (C=O) groups is 1. The zero-order chi connectivity index (χ0) is 26.1. The first-order valence-electron chi connectivity index (χ1n) is 11.7. The molecule has 0 radical (unpaired) electrons. The first kappa shape index (κ1) is 23.6. The van der Waals surface area contributed by atoms with E-state index in [-0.39, 0.29) is 5.56 Å². The molecule has 0 unspecified atom stereocenters. The van der Waals surface area contributed by atoms with E-state index in [1.54, 1.807) is 29.2 Å². The Morgan fingerprint density at radius 2 is 1.95 bits per heavy atom. The number of rotatable bonds is 7. The van der Waals surface area contributed by atoms with Gasteiger partial charge in [-0.05, 0) is 23.8 Å². The largest absolute Gasteiger partial charge is 0.339 e. The Morgan fingerprint density at radius 1 is 1.13 bits per heavy atom. The number of nitrogens with one attached hydrogen (secondary N) is 2. The Kier molecular flexibility index (Phi) is 6.15. The van der Waals surface area contributed by atoms with Gasteiger partial charge in [0.1, 0.15) is 0 Å². The minimum atomic E-state index is -0.664. The normalized spacial score (nSPS) is 11.9. The van der Waals surface area contributed by atoms with Crippen LogP contribution in [0.15, 0.2) is 66.2 Å². The summed E-state index contributed by atoms with van der Waals surface area (Å²) in [5, 5.41) is 12.2. The second kappa shape index (κ2) is 9.92. The molecule has 188 valence electrons. The highest BCUT2D eigenvalue weighted by Crippen LogP contribution is 2.35. The van der Waals surface area contributed by atoms with E-state index in [2.05, 4.69) is 31.3 Å². The lowest BCUT2D eigenvalue weighted by molar-refractivity contribution is 0.0705. The van der Waals surface area contributed by atoms with Crippen molar-refractivity contribution in [1.29, 1.82) is 0 Å². The fourth-order valence-electron chi connectivity index (χ4n) is 4.17. The van der Waals surface area contributed by atoms with Crippen molar-refractivity contribution in [2.45, 2.75) is 13.1 Å². The maximum atomic E-state index is 11.6. The molecule has 0 saturated carbocycles. The number of hydrogen-bond acceptors (Lipinski definition) is 11. The van der Waals surface area contributed by atoms with Gasteiger partial charge < -0.3 is 10.2 Å². The Balaban J connectivity index is 1.37. The number of amides is 1. The van der Waals surface area contributed by atoms with Crippen LogP contribution in [0.1, 0.15) is 26.4 Å². The average Bonchev–Trinajstić information content (AvgIpc) is 3.60. The molecule has 6 rings (SSSR count). The van der Waals surface area contributed by atoms with E-state index < -0.39 is 5.91 Å².